The average molecular weight is 285 g/mol. The van der Waals surface area contributed by atoms with Crippen LogP contribution in [0.2, 0.25) is 0 Å². The van der Waals surface area contributed by atoms with Crippen LogP contribution in [0.3, 0.4) is 0 Å². The van der Waals surface area contributed by atoms with Gasteiger partial charge in [-0.25, -0.2) is 4.98 Å². The summed E-state index contributed by atoms with van der Waals surface area (Å²) in [5, 5.41) is 0. The molecule has 0 aliphatic carbocycles. The van der Waals surface area contributed by atoms with Crippen molar-refractivity contribution in [3.63, 3.8) is 0 Å². The van der Waals surface area contributed by atoms with Gasteiger partial charge in [-0.05, 0) is 31.2 Å². The summed E-state index contributed by atoms with van der Waals surface area (Å²) in [7, 11) is 1.62. The predicted octanol–water partition coefficient (Wildman–Crippen LogP) is 1.98. The Morgan fingerprint density at radius 3 is 2.76 bits per heavy atom. The lowest BCUT2D eigenvalue weighted by Crippen LogP contribution is -2.43. The normalized spacial score (nSPS) is 16.3. The molecule has 0 amide bonds. The number of hydrogen-bond donors (Lipinski definition) is 0. The zero-order chi connectivity index (χ0) is 14.8. The van der Waals surface area contributed by atoms with Gasteiger partial charge in [-0.3, -0.25) is 9.69 Å². The van der Waals surface area contributed by atoms with E-state index >= 15 is 0 Å². The van der Waals surface area contributed by atoms with Crippen LogP contribution in [0.1, 0.15) is 23.1 Å². The van der Waals surface area contributed by atoms with E-state index in [2.05, 4.69) is 14.5 Å². The molecule has 0 saturated carbocycles. The Hall–Kier alpha value is -2.14. The van der Waals surface area contributed by atoms with Crippen molar-refractivity contribution in [2.75, 3.05) is 13.7 Å². The first-order valence-corrected chi connectivity index (χ1v) is 7.11. The number of nitrogens with zero attached hydrogens (tertiary/aromatic N) is 3. The van der Waals surface area contributed by atoms with Crippen LogP contribution in [0, 0.1) is 0 Å². The molecule has 2 heterocycles. The third-order valence-corrected chi connectivity index (χ3v) is 4.08. The highest BCUT2D eigenvalue weighted by atomic mass is 16.5. The van der Waals surface area contributed by atoms with E-state index in [1.807, 2.05) is 43.6 Å². The zero-order valence-electron chi connectivity index (χ0n) is 12.3. The molecule has 3 rings (SSSR count). The number of benzene rings is 1. The lowest BCUT2D eigenvalue weighted by molar-refractivity contribution is 0.0793. The third-order valence-electron chi connectivity index (χ3n) is 4.08. The van der Waals surface area contributed by atoms with Crippen molar-refractivity contribution in [3.05, 3.63) is 48.0 Å². The summed E-state index contributed by atoms with van der Waals surface area (Å²) in [4.78, 5) is 19.1. The van der Waals surface area contributed by atoms with Crippen molar-refractivity contribution in [2.45, 2.75) is 26.1 Å². The Balaban J connectivity index is 1.72. The van der Waals surface area contributed by atoms with Gasteiger partial charge in [0.1, 0.15) is 11.6 Å². The molecular weight excluding hydrogens is 266 g/mol. The maximum Gasteiger partial charge on any atom is 0.179 e. The molecule has 1 aromatic carbocycles. The molecule has 2 aromatic rings. The van der Waals surface area contributed by atoms with Gasteiger partial charge in [-0.1, -0.05) is 0 Å². The molecule has 1 aromatic heterocycles. The molecule has 0 bridgehead atoms. The van der Waals surface area contributed by atoms with E-state index in [4.69, 9.17) is 4.74 Å². The van der Waals surface area contributed by atoms with E-state index in [0.717, 1.165) is 36.8 Å². The highest BCUT2D eigenvalue weighted by molar-refractivity contribution is 5.99. The molecule has 0 spiro atoms. The summed E-state index contributed by atoms with van der Waals surface area (Å²) in [6.45, 7) is 4.43. The molecular formula is C16H19N3O2. The molecule has 0 fully saturated rings. The summed E-state index contributed by atoms with van der Waals surface area (Å²) in [6, 6.07) is 7.14. The Morgan fingerprint density at radius 1 is 1.29 bits per heavy atom. The molecule has 5 heteroatoms. The molecule has 1 aliphatic heterocycles. The smallest absolute Gasteiger partial charge is 0.179 e. The summed E-state index contributed by atoms with van der Waals surface area (Å²) >= 11 is 0. The number of Topliss-reactive ketones (excluding diaryl/α,β-unsaturated/α-hetero) is 1. The molecule has 0 radical (unpaired) electrons. The molecule has 1 aliphatic rings. The highest BCUT2D eigenvalue weighted by Crippen LogP contribution is 2.18. The lowest BCUT2D eigenvalue weighted by atomic mass is 10.0. The number of carbonyl (C=O) groups excluding carboxylic acids is 1. The highest BCUT2D eigenvalue weighted by Gasteiger charge is 2.26. The van der Waals surface area contributed by atoms with Gasteiger partial charge < -0.3 is 9.30 Å². The van der Waals surface area contributed by atoms with Crippen LogP contribution in [0.25, 0.3) is 0 Å². The van der Waals surface area contributed by atoms with Crippen LogP contribution < -0.4 is 4.74 Å². The monoisotopic (exact) mass is 285 g/mol. The van der Waals surface area contributed by atoms with E-state index in [9.17, 15) is 4.79 Å². The number of rotatable bonds is 4. The first-order valence-electron chi connectivity index (χ1n) is 7.11. The van der Waals surface area contributed by atoms with Gasteiger partial charge in [0.05, 0.1) is 19.7 Å². The molecule has 0 N–H and O–H groups in total. The van der Waals surface area contributed by atoms with E-state index in [1.54, 1.807) is 7.11 Å². The number of hydrogen-bond acceptors (Lipinski definition) is 4. The van der Waals surface area contributed by atoms with Crippen molar-refractivity contribution in [3.8, 4) is 5.75 Å². The molecule has 0 saturated heterocycles. The van der Waals surface area contributed by atoms with Crippen molar-refractivity contribution in [1.82, 2.24) is 14.5 Å². The van der Waals surface area contributed by atoms with Crippen LogP contribution in [-0.2, 0) is 13.1 Å². The third kappa shape index (κ3) is 2.69. The standard InChI is InChI=1S/C16H19N3O2/c1-12(16(20)13-3-5-14(21-2)6-4-13)19-10-9-18-8-7-17-15(18)11-19/h3-8,12H,9-11H2,1-2H3. The Kier molecular flexibility index (Phi) is 3.75. The molecule has 110 valence electrons. The first-order chi connectivity index (χ1) is 10.2. The van der Waals surface area contributed by atoms with Gasteiger partial charge in [0.25, 0.3) is 0 Å². The van der Waals surface area contributed by atoms with E-state index < -0.39 is 0 Å². The minimum absolute atomic E-state index is 0.137. The predicted molar refractivity (Wildman–Crippen MR) is 79.4 cm³/mol. The lowest BCUT2D eigenvalue weighted by Gasteiger charge is -2.31. The number of ether oxygens (including phenoxy) is 1. The van der Waals surface area contributed by atoms with Crippen LogP contribution in [-0.4, -0.2) is 39.9 Å². The van der Waals surface area contributed by atoms with Crippen molar-refractivity contribution in [2.24, 2.45) is 0 Å². The molecule has 21 heavy (non-hydrogen) atoms. The summed E-state index contributed by atoms with van der Waals surface area (Å²) in [5.41, 5.74) is 0.720. The second-order valence-corrected chi connectivity index (χ2v) is 5.28. The van der Waals surface area contributed by atoms with Gasteiger partial charge >= 0.3 is 0 Å². The zero-order valence-corrected chi connectivity index (χ0v) is 12.3. The number of fused-ring (bicyclic) bond motifs is 1. The molecule has 5 nitrogen and oxygen atoms in total. The van der Waals surface area contributed by atoms with Gasteiger partial charge in [0.2, 0.25) is 0 Å². The first kappa shape index (κ1) is 13.8. The maximum atomic E-state index is 12.6. The molecule has 1 atom stereocenters. The Labute approximate surface area is 124 Å². The minimum Gasteiger partial charge on any atom is -0.497 e. The number of carbonyl (C=O) groups is 1. The largest absolute Gasteiger partial charge is 0.497 e. The van der Waals surface area contributed by atoms with Gasteiger partial charge in [0, 0.05) is 31.0 Å². The SMILES string of the molecule is COc1ccc(C(=O)C(C)N2CCn3ccnc3C2)cc1. The summed E-state index contributed by atoms with van der Waals surface area (Å²) in [5.74, 6) is 1.92. The molecule has 1 unspecified atom stereocenters. The summed E-state index contributed by atoms with van der Waals surface area (Å²) in [6.07, 6.45) is 3.80. The maximum absolute atomic E-state index is 12.6. The number of aromatic nitrogens is 2. The van der Waals surface area contributed by atoms with Gasteiger partial charge in [0.15, 0.2) is 5.78 Å². The minimum atomic E-state index is -0.149. The van der Waals surface area contributed by atoms with Crippen molar-refractivity contribution >= 4 is 5.78 Å². The average Bonchev–Trinajstić information content (AvgIpc) is 3.01. The van der Waals surface area contributed by atoms with Crippen LogP contribution >= 0.6 is 0 Å². The van der Waals surface area contributed by atoms with Crippen LogP contribution in [0.5, 0.6) is 5.75 Å². The van der Waals surface area contributed by atoms with E-state index in [1.165, 1.54) is 0 Å². The van der Waals surface area contributed by atoms with Gasteiger partial charge in [-0.2, -0.15) is 0 Å². The van der Waals surface area contributed by atoms with Crippen molar-refractivity contribution in [1.29, 1.82) is 0 Å². The Bertz CT molecular complexity index is 633. The van der Waals surface area contributed by atoms with Crippen molar-refractivity contribution < 1.29 is 9.53 Å². The van der Waals surface area contributed by atoms with Crippen LogP contribution in [0.15, 0.2) is 36.7 Å². The van der Waals surface area contributed by atoms with E-state index in [0.29, 0.717) is 0 Å². The van der Waals surface area contributed by atoms with Gasteiger partial charge in [-0.15, -0.1) is 0 Å². The van der Waals surface area contributed by atoms with Crippen LogP contribution in [0.4, 0.5) is 0 Å². The number of methoxy groups -OCH3 is 1. The fourth-order valence-corrected chi connectivity index (χ4v) is 2.69. The second-order valence-electron chi connectivity index (χ2n) is 5.28. The second kappa shape index (κ2) is 5.69. The van der Waals surface area contributed by atoms with E-state index in [-0.39, 0.29) is 11.8 Å². The Morgan fingerprint density at radius 2 is 2.05 bits per heavy atom. The topological polar surface area (TPSA) is 47.4 Å². The number of imidazole rings is 1. The quantitative estimate of drug-likeness (QED) is 0.806. The fraction of sp³-hybridized carbons (Fsp3) is 0.375. The number of ketones is 1. The summed E-state index contributed by atoms with van der Waals surface area (Å²) < 4.78 is 7.26. The fourth-order valence-electron chi connectivity index (χ4n) is 2.69.